The van der Waals surface area contributed by atoms with Crippen LogP contribution in [0.5, 0.6) is 5.75 Å². The average molecular weight is 526 g/mol. The van der Waals surface area contributed by atoms with Crippen molar-refractivity contribution in [2.75, 3.05) is 31.3 Å². The van der Waals surface area contributed by atoms with Gasteiger partial charge >= 0.3 is 0 Å². The van der Waals surface area contributed by atoms with Crippen molar-refractivity contribution in [2.45, 2.75) is 36.2 Å². The number of benzene rings is 2. The van der Waals surface area contributed by atoms with E-state index in [1.807, 2.05) is 29.5 Å². The summed E-state index contributed by atoms with van der Waals surface area (Å²) in [5.74, 6) is 0.618. The van der Waals surface area contributed by atoms with Gasteiger partial charge in [-0.05, 0) is 73.2 Å². The normalized spacial score (nSPS) is 14.8. The lowest BCUT2D eigenvalue weighted by atomic mass is 10.1. The zero-order chi connectivity index (χ0) is 25.3. The van der Waals surface area contributed by atoms with Gasteiger partial charge in [0.2, 0.25) is 15.9 Å². The average Bonchev–Trinajstić information content (AvgIpc) is 3.33. The highest BCUT2D eigenvalue weighted by molar-refractivity contribution is 7.99. The number of carbonyl (C=O) groups excluding carboxylic acids is 1. The Labute approximate surface area is 213 Å². The van der Waals surface area contributed by atoms with Crippen molar-refractivity contribution in [1.82, 2.24) is 18.9 Å². The van der Waals surface area contributed by atoms with Crippen molar-refractivity contribution in [3.63, 3.8) is 0 Å². The molecule has 0 atom stereocenters. The maximum Gasteiger partial charge on any atom is 0.243 e. The molecule has 2 aromatic carbocycles. The quantitative estimate of drug-likeness (QED) is 0.362. The number of rotatable bonds is 7. The predicted molar refractivity (Wildman–Crippen MR) is 140 cm³/mol. The summed E-state index contributed by atoms with van der Waals surface area (Å²) in [6.07, 6.45) is 2.83. The molecule has 5 rings (SSSR count). The van der Waals surface area contributed by atoms with Crippen LogP contribution in [-0.4, -0.2) is 59.2 Å². The number of amides is 1. The molecule has 3 heterocycles. The first-order valence-corrected chi connectivity index (χ1v) is 14.1. The Balaban J connectivity index is 1.29. The van der Waals surface area contributed by atoms with E-state index < -0.39 is 10.0 Å². The second kappa shape index (κ2) is 10.1. The lowest BCUT2D eigenvalue weighted by Gasteiger charge is -2.25. The van der Waals surface area contributed by atoms with E-state index in [1.54, 1.807) is 31.4 Å². The van der Waals surface area contributed by atoms with Gasteiger partial charge in [0.1, 0.15) is 5.75 Å². The van der Waals surface area contributed by atoms with Crippen molar-refractivity contribution in [3.8, 4) is 5.75 Å². The molecule has 1 amide bonds. The first-order chi connectivity index (χ1) is 17.4. The smallest absolute Gasteiger partial charge is 0.243 e. The standard InChI is InChI=1S/C25H27N5O4S2/c1-17-14-18-6-9-20(34-2)15-22(18)30-24(17)27-28-25(30)35-16-23(31)26-19-7-10-21(11-8-19)36(32,33)29-12-4-3-5-13-29/h6-11,14-15H,3-5,12-13,16H2,1-2H3,(H,26,31). The maximum atomic E-state index is 12.8. The molecule has 36 heavy (non-hydrogen) atoms. The molecular formula is C25H27N5O4S2. The topological polar surface area (TPSA) is 106 Å². The van der Waals surface area contributed by atoms with Crippen molar-refractivity contribution < 1.29 is 17.9 Å². The molecule has 11 heteroatoms. The molecule has 0 bridgehead atoms. The van der Waals surface area contributed by atoms with Crippen LogP contribution in [0.4, 0.5) is 5.69 Å². The maximum absolute atomic E-state index is 12.8. The van der Waals surface area contributed by atoms with Crippen molar-refractivity contribution in [1.29, 1.82) is 0 Å². The monoisotopic (exact) mass is 525 g/mol. The minimum Gasteiger partial charge on any atom is -0.497 e. The number of nitrogens with zero attached hydrogens (tertiary/aromatic N) is 4. The Kier molecular flexibility index (Phi) is 6.87. The fourth-order valence-electron chi connectivity index (χ4n) is 4.39. The summed E-state index contributed by atoms with van der Waals surface area (Å²) in [7, 11) is -1.89. The van der Waals surface area contributed by atoms with E-state index in [4.69, 9.17) is 4.74 Å². The SMILES string of the molecule is COc1ccc2cc(C)c3nnc(SCC(=O)Nc4ccc(S(=O)(=O)N5CCCCC5)cc4)n3c2c1. The van der Waals surface area contributed by atoms with E-state index in [-0.39, 0.29) is 16.6 Å². The van der Waals surface area contributed by atoms with Gasteiger partial charge in [-0.2, -0.15) is 4.31 Å². The van der Waals surface area contributed by atoms with Gasteiger partial charge in [-0.3, -0.25) is 9.20 Å². The Hall–Kier alpha value is -3.15. The fourth-order valence-corrected chi connectivity index (χ4v) is 6.65. The third-order valence-electron chi connectivity index (χ3n) is 6.26. The highest BCUT2D eigenvalue weighted by Gasteiger charge is 2.25. The van der Waals surface area contributed by atoms with Gasteiger partial charge in [-0.1, -0.05) is 18.2 Å². The number of sulfonamides is 1. The van der Waals surface area contributed by atoms with Crippen LogP contribution in [-0.2, 0) is 14.8 Å². The molecule has 1 aliphatic heterocycles. The van der Waals surface area contributed by atoms with Gasteiger partial charge in [-0.25, -0.2) is 8.42 Å². The molecule has 0 saturated carbocycles. The van der Waals surface area contributed by atoms with Gasteiger partial charge < -0.3 is 10.1 Å². The van der Waals surface area contributed by atoms with E-state index in [2.05, 4.69) is 21.6 Å². The Morgan fingerprint density at radius 1 is 1.06 bits per heavy atom. The molecule has 1 saturated heterocycles. The van der Waals surface area contributed by atoms with Crippen LogP contribution in [0, 0.1) is 6.92 Å². The van der Waals surface area contributed by atoms with Crippen molar-refractivity contribution in [3.05, 3.63) is 54.1 Å². The van der Waals surface area contributed by atoms with E-state index in [9.17, 15) is 13.2 Å². The number of piperidine rings is 1. The zero-order valence-corrected chi connectivity index (χ0v) is 21.7. The summed E-state index contributed by atoms with van der Waals surface area (Å²) in [6, 6.07) is 14.2. The second-order valence-electron chi connectivity index (χ2n) is 8.72. The number of ether oxygens (including phenoxy) is 1. The van der Waals surface area contributed by atoms with Gasteiger partial charge in [0.15, 0.2) is 10.8 Å². The number of aromatic nitrogens is 3. The number of nitrogens with one attached hydrogen (secondary N) is 1. The van der Waals surface area contributed by atoms with Crippen LogP contribution in [0.25, 0.3) is 16.6 Å². The van der Waals surface area contributed by atoms with Crippen molar-refractivity contribution in [2.24, 2.45) is 0 Å². The van der Waals surface area contributed by atoms with Crippen LogP contribution < -0.4 is 10.1 Å². The summed E-state index contributed by atoms with van der Waals surface area (Å²) in [4.78, 5) is 12.9. The number of carbonyl (C=O) groups is 1. The number of thioether (sulfide) groups is 1. The number of fused-ring (bicyclic) bond motifs is 3. The third kappa shape index (κ3) is 4.78. The van der Waals surface area contributed by atoms with Crippen LogP contribution in [0.15, 0.2) is 58.6 Å². The summed E-state index contributed by atoms with van der Waals surface area (Å²) >= 11 is 1.28. The molecule has 1 fully saturated rings. The van der Waals surface area contributed by atoms with E-state index >= 15 is 0 Å². The molecule has 9 nitrogen and oxygen atoms in total. The summed E-state index contributed by atoms with van der Waals surface area (Å²) in [5, 5.41) is 13.1. The highest BCUT2D eigenvalue weighted by Crippen LogP contribution is 2.28. The number of methoxy groups -OCH3 is 1. The lowest BCUT2D eigenvalue weighted by molar-refractivity contribution is -0.113. The Bertz CT molecular complexity index is 1530. The van der Waals surface area contributed by atoms with Gasteiger partial charge in [0.05, 0.1) is 23.3 Å². The Morgan fingerprint density at radius 2 is 1.81 bits per heavy atom. The largest absolute Gasteiger partial charge is 0.497 e. The summed E-state index contributed by atoms with van der Waals surface area (Å²) in [6.45, 7) is 3.08. The minimum atomic E-state index is -3.50. The lowest BCUT2D eigenvalue weighted by Crippen LogP contribution is -2.35. The zero-order valence-electron chi connectivity index (χ0n) is 20.1. The van der Waals surface area contributed by atoms with E-state index in [0.717, 1.165) is 47.1 Å². The Morgan fingerprint density at radius 3 is 2.53 bits per heavy atom. The molecule has 0 radical (unpaired) electrons. The molecule has 1 aliphatic rings. The van der Waals surface area contributed by atoms with Crippen LogP contribution in [0.2, 0.25) is 0 Å². The fraction of sp³-hybridized carbons (Fsp3) is 0.320. The number of hydrogen-bond donors (Lipinski definition) is 1. The molecule has 0 spiro atoms. The molecule has 2 aromatic heterocycles. The molecular weight excluding hydrogens is 498 g/mol. The number of aryl methyl sites for hydroxylation is 1. The summed E-state index contributed by atoms with van der Waals surface area (Å²) in [5.41, 5.74) is 3.14. The number of anilines is 1. The molecule has 1 N–H and O–H groups in total. The number of hydrogen-bond acceptors (Lipinski definition) is 7. The van der Waals surface area contributed by atoms with Crippen LogP contribution in [0.3, 0.4) is 0 Å². The van der Waals surface area contributed by atoms with Crippen LogP contribution in [0.1, 0.15) is 24.8 Å². The van der Waals surface area contributed by atoms with Crippen molar-refractivity contribution >= 4 is 49.9 Å². The first-order valence-electron chi connectivity index (χ1n) is 11.7. The van der Waals surface area contributed by atoms with Gasteiger partial charge in [-0.15, -0.1) is 10.2 Å². The number of pyridine rings is 1. The first kappa shape index (κ1) is 24.5. The summed E-state index contributed by atoms with van der Waals surface area (Å²) < 4.78 is 34.5. The minimum absolute atomic E-state index is 0.119. The molecule has 0 aliphatic carbocycles. The van der Waals surface area contributed by atoms with Gasteiger partial charge in [0, 0.05) is 24.8 Å². The van der Waals surface area contributed by atoms with E-state index in [0.29, 0.717) is 23.9 Å². The third-order valence-corrected chi connectivity index (χ3v) is 9.10. The van der Waals surface area contributed by atoms with E-state index in [1.165, 1.54) is 16.1 Å². The van der Waals surface area contributed by atoms with Crippen LogP contribution >= 0.6 is 11.8 Å². The molecule has 4 aromatic rings. The second-order valence-corrected chi connectivity index (χ2v) is 11.6. The highest BCUT2D eigenvalue weighted by atomic mass is 32.2. The predicted octanol–water partition coefficient (Wildman–Crippen LogP) is 4.10. The van der Waals surface area contributed by atoms with Gasteiger partial charge in [0.25, 0.3) is 0 Å². The molecule has 0 unspecified atom stereocenters. The molecule has 188 valence electrons.